The number of aromatic nitrogens is 2. The Morgan fingerprint density at radius 2 is 1.64 bits per heavy atom. The zero-order valence-corrected chi connectivity index (χ0v) is 13.2. The van der Waals surface area contributed by atoms with Crippen LogP contribution in [-0.2, 0) is 5.75 Å². The van der Waals surface area contributed by atoms with E-state index in [1.165, 1.54) is 16.4 Å². The molecule has 2 aromatic carbocycles. The number of hydrogen-bond acceptors (Lipinski definition) is 3. The average Bonchev–Trinajstić information content (AvgIpc) is 2.57. The molecule has 0 atom stereocenters. The first-order valence-corrected chi connectivity index (χ1v) is 8.12. The Labute approximate surface area is 137 Å². The van der Waals surface area contributed by atoms with Crippen molar-refractivity contribution in [3.8, 4) is 5.69 Å². The van der Waals surface area contributed by atoms with E-state index in [2.05, 4.69) is 5.10 Å². The molecule has 0 aliphatic carbocycles. The topological polar surface area (TPSA) is 34.9 Å². The standard InChI is InChI=1S/C17H13ClN2OS/c18-16-11-15(22-12-13-7-3-1-4-8-13)17(21)20(19-16)14-9-5-2-6-10-14/h1-11H,12H2. The summed E-state index contributed by atoms with van der Waals surface area (Å²) in [6.45, 7) is 0. The smallest absolute Gasteiger partial charge is 0.266 e. The van der Waals surface area contributed by atoms with E-state index in [0.29, 0.717) is 21.5 Å². The highest BCUT2D eigenvalue weighted by Crippen LogP contribution is 2.21. The lowest BCUT2D eigenvalue weighted by molar-refractivity contribution is 0.782. The van der Waals surface area contributed by atoms with Crippen molar-refractivity contribution < 1.29 is 0 Å². The van der Waals surface area contributed by atoms with Gasteiger partial charge in [0.1, 0.15) is 0 Å². The SMILES string of the molecule is O=c1c(SCc2ccccc2)cc(Cl)nn1-c1ccccc1. The third kappa shape index (κ3) is 3.40. The summed E-state index contributed by atoms with van der Waals surface area (Å²) in [4.78, 5) is 13.2. The third-order valence-corrected chi connectivity index (χ3v) is 4.35. The molecule has 3 aromatic rings. The number of hydrogen-bond donors (Lipinski definition) is 0. The van der Waals surface area contributed by atoms with Crippen LogP contribution in [0.25, 0.3) is 5.69 Å². The van der Waals surface area contributed by atoms with Crippen molar-refractivity contribution in [1.29, 1.82) is 0 Å². The zero-order valence-electron chi connectivity index (χ0n) is 11.6. The molecule has 0 amide bonds. The van der Waals surface area contributed by atoms with Crippen molar-refractivity contribution in [3.05, 3.63) is 87.8 Å². The van der Waals surface area contributed by atoms with Gasteiger partial charge in [-0.05, 0) is 23.8 Å². The summed E-state index contributed by atoms with van der Waals surface area (Å²) in [7, 11) is 0. The van der Waals surface area contributed by atoms with Gasteiger partial charge in [0.15, 0.2) is 5.15 Å². The maximum absolute atomic E-state index is 12.6. The molecule has 22 heavy (non-hydrogen) atoms. The van der Waals surface area contributed by atoms with Gasteiger partial charge in [-0.1, -0.05) is 60.1 Å². The van der Waals surface area contributed by atoms with Crippen molar-refractivity contribution >= 4 is 23.4 Å². The van der Waals surface area contributed by atoms with Gasteiger partial charge in [0.25, 0.3) is 5.56 Å². The van der Waals surface area contributed by atoms with Gasteiger partial charge in [0.2, 0.25) is 0 Å². The summed E-state index contributed by atoms with van der Waals surface area (Å²) in [6, 6.07) is 20.9. The Hall–Kier alpha value is -2.04. The fraction of sp³-hybridized carbons (Fsp3) is 0.0588. The quantitative estimate of drug-likeness (QED) is 0.674. The van der Waals surface area contributed by atoms with Crippen LogP contribution in [0.4, 0.5) is 0 Å². The number of rotatable bonds is 4. The molecular formula is C17H13ClN2OS. The molecule has 0 radical (unpaired) electrons. The van der Waals surface area contributed by atoms with E-state index in [9.17, 15) is 4.79 Å². The molecule has 0 saturated heterocycles. The minimum absolute atomic E-state index is 0.156. The molecule has 110 valence electrons. The fourth-order valence-corrected chi connectivity index (χ4v) is 3.20. The fourth-order valence-electron chi connectivity index (χ4n) is 2.03. The summed E-state index contributed by atoms with van der Waals surface area (Å²) in [5, 5.41) is 4.42. The van der Waals surface area contributed by atoms with Crippen molar-refractivity contribution in [3.63, 3.8) is 0 Å². The lowest BCUT2D eigenvalue weighted by atomic mass is 10.2. The molecule has 3 nitrogen and oxygen atoms in total. The van der Waals surface area contributed by atoms with Gasteiger partial charge < -0.3 is 0 Å². The Bertz CT molecular complexity index is 819. The number of thioether (sulfide) groups is 1. The summed E-state index contributed by atoms with van der Waals surface area (Å²) in [5.74, 6) is 0.714. The molecule has 0 fully saturated rings. The molecule has 5 heteroatoms. The average molecular weight is 329 g/mol. The first kappa shape index (κ1) is 14.9. The summed E-state index contributed by atoms with van der Waals surface area (Å²) >= 11 is 7.53. The highest BCUT2D eigenvalue weighted by atomic mass is 35.5. The van der Waals surface area contributed by atoms with Gasteiger partial charge in [0.05, 0.1) is 10.6 Å². The van der Waals surface area contributed by atoms with Crippen LogP contribution in [0.15, 0.2) is 76.4 Å². The lowest BCUT2D eigenvalue weighted by Crippen LogP contribution is -2.22. The van der Waals surface area contributed by atoms with E-state index in [1.54, 1.807) is 6.07 Å². The normalized spacial score (nSPS) is 10.6. The molecule has 3 rings (SSSR count). The van der Waals surface area contributed by atoms with Gasteiger partial charge in [-0.15, -0.1) is 11.8 Å². The molecular weight excluding hydrogens is 316 g/mol. The number of halogens is 1. The van der Waals surface area contributed by atoms with Crippen LogP contribution in [-0.4, -0.2) is 9.78 Å². The number of benzene rings is 2. The number of nitrogens with zero attached hydrogens (tertiary/aromatic N) is 2. The molecule has 1 heterocycles. The first-order chi connectivity index (χ1) is 10.7. The minimum atomic E-state index is -0.156. The second kappa shape index (κ2) is 6.81. The second-order valence-corrected chi connectivity index (χ2v) is 6.06. The second-order valence-electron chi connectivity index (χ2n) is 4.66. The summed E-state index contributed by atoms with van der Waals surface area (Å²) in [5.41, 5.74) is 1.71. The highest BCUT2D eigenvalue weighted by Gasteiger charge is 2.09. The third-order valence-electron chi connectivity index (χ3n) is 3.09. The molecule has 0 aliphatic rings. The van der Waals surface area contributed by atoms with Crippen LogP contribution in [0.5, 0.6) is 0 Å². The van der Waals surface area contributed by atoms with E-state index in [4.69, 9.17) is 11.6 Å². The van der Waals surface area contributed by atoms with Crippen LogP contribution in [0.2, 0.25) is 5.15 Å². The molecule has 0 spiro atoms. The van der Waals surface area contributed by atoms with Crippen LogP contribution in [0.1, 0.15) is 5.56 Å². The van der Waals surface area contributed by atoms with E-state index < -0.39 is 0 Å². The van der Waals surface area contributed by atoms with Crippen LogP contribution in [0.3, 0.4) is 0 Å². The first-order valence-electron chi connectivity index (χ1n) is 6.76. The van der Waals surface area contributed by atoms with Gasteiger partial charge in [-0.2, -0.15) is 9.78 Å². The maximum Gasteiger partial charge on any atom is 0.285 e. The zero-order chi connectivity index (χ0) is 15.4. The maximum atomic E-state index is 12.6. The van der Waals surface area contributed by atoms with Crippen molar-refractivity contribution in [2.75, 3.05) is 0 Å². The molecule has 0 bridgehead atoms. The monoisotopic (exact) mass is 328 g/mol. The Balaban J connectivity index is 1.92. The van der Waals surface area contributed by atoms with E-state index in [0.717, 1.165) is 5.56 Å². The Kier molecular flexibility index (Phi) is 4.61. The molecule has 1 aromatic heterocycles. The van der Waals surface area contributed by atoms with E-state index >= 15 is 0 Å². The molecule has 0 N–H and O–H groups in total. The van der Waals surface area contributed by atoms with Gasteiger partial charge >= 0.3 is 0 Å². The predicted octanol–water partition coefficient (Wildman–Crippen LogP) is 4.18. The van der Waals surface area contributed by atoms with E-state index in [-0.39, 0.29) is 5.56 Å². The largest absolute Gasteiger partial charge is 0.285 e. The summed E-state index contributed by atoms with van der Waals surface area (Å²) < 4.78 is 1.34. The van der Waals surface area contributed by atoms with Gasteiger partial charge in [-0.3, -0.25) is 4.79 Å². The van der Waals surface area contributed by atoms with Gasteiger partial charge in [-0.25, -0.2) is 0 Å². The Morgan fingerprint density at radius 3 is 2.32 bits per heavy atom. The summed E-state index contributed by atoms with van der Waals surface area (Å²) in [6.07, 6.45) is 0. The van der Waals surface area contributed by atoms with Crippen LogP contribution < -0.4 is 5.56 Å². The van der Waals surface area contributed by atoms with E-state index in [1.807, 2.05) is 60.7 Å². The van der Waals surface area contributed by atoms with Crippen molar-refractivity contribution in [2.45, 2.75) is 10.6 Å². The predicted molar refractivity (Wildman–Crippen MR) is 90.8 cm³/mol. The molecule has 0 saturated carbocycles. The molecule has 0 aliphatic heterocycles. The minimum Gasteiger partial charge on any atom is -0.266 e. The van der Waals surface area contributed by atoms with Gasteiger partial charge in [0, 0.05) is 5.75 Å². The highest BCUT2D eigenvalue weighted by molar-refractivity contribution is 7.98. The van der Waals surface area contributed by atoms with Crippen molar-refractivity contribution in [2.24, 2.45) is 0 Å². The number of para-hydroxylation sites is 1. The lowest BCUT2D eigenvalue weighted by Gasteiger charge is -2.08. The van der Waals surface area contributed by atoms with Crippen LogP contribution in [0, 0.1) is 0 Å². The van der Waals surface area contributed by atoms with Crippen molar-refractivity contribution in [1.82, 2.24) is 9.78 Å². The van der Waals surface area contributed by atoms with Crippen LogP contribution >= 0.6 is 23.4 Å². The Morgan fingerprint density at radius 1 is 1.00 bits per heavy atom. The molecule has 0 unspecified atom stereocenters.